The van der Waals surface area contributed by atoms with Crippen LogP contribution in [0.1, 0.15) is 26.3 Å². The Hall–Kier alpha value is -4.07. The van der Waals surface area contributed by atoms with Crippen molar-refractivity contribution < 1.29 is 8.42 Å². The molecule has 2 heterocycles. The number of nitrogens with one attached hydrogen (secondary N) is 1. The normalized spacial score (nSPS) is 12.0. The van der Waals surface area contributed by atoms with E-state index < -0.39 is 15.6 Å². The minimum atomic E-state index is -3.73. The van der Waals surface area contributed by atoms with Gasteiger partial charge in [0.05, 0.1) is 5.69 Å². The fourth-order valence-electron chi connectivity index (χ4n) is 4.70. The maximum atomic E-state index is 13.0. The first-order valence-corrected chi connectivity index (χ1v) is 14.4. The van der Waals surface area contributed by atoms with Crippen molar-refractivity contribution in [3.05, 3.63) is 115 Å². The Morgan fingerprint density at radius 2 is 1.46 bits per heavy atom. The number of hydrogen-bond donors (Lipinski definition) is 1. The first-order chi connectivity index (χ1) is 18.7. The molecule has 0 saturated heterocycles. The zero-order valence-corrected chi connectivity index (χ0v) is 23.2. The largest absolute Gasteiger partial charge is 0.341 e. The highest BCUT2D eigenvalue weighted by Gasteiger charge is 2.23. The molecule has 3 aromatic carbocycles. The van der Waals surface area contributed by atoms with Crippen LogP contribution < -0.4 is 9.62 Å². The van der Waals surface area contributed by atoms with E-state index in [2.05, 4.69) is 62.1 Å². The van der Waals surface area contributed by atoms with Crippen molar-refractivity contribution >= 4 is 32.2 Å². The van der Waals surface area contributed by atoms with Gasteiger partial charge in [0.15, 0.2) is 0 Å². The van der Waals surface area contributed by atoms with Crippen LogP contribution in [0.4, 0.5) is 11.4 Å². The maximum absolute atomic E-state index is 13.0. The summed E-state index contributed by atoms with van der Waals surface area (Å²) in [6, 6.07) is 28.6. The molecule has 0 unspecified atom stereocenters. The minimum Gasteiger partial charge on any atom is -0.341 e. The van der Waals surface area contributed by atoms with Crippen LogP contribution in [0.2, 0.25) is 0 Å². The van der Waals surface area contributed by atoms with Crippen LogP contribution in [0.25, 0.3) is 21.9 Å². The number of anilines is 2. The van der Waals surface area contributed by atoms with Gasteiger partial charge in [0.25, 0.3) is 0 Å². The number of benzene rings is 3. The first-order valence-electron chi connectivity index (χ1n) is 12.9. The van der Waals surface area contributed by atoms with Gasteiger partial charge in [-0.25, -0.2) is 13.1 Å². The van der Waals surface area contributed by atoms with Crippen molar-refractivity contribution in [3.8, 4) is 11.1 Å². The quantitative estimate of drug-likeness (QED) is 0.237. The number of sulfonamides is 1. The lowest BCUT2D eigenvalue weighted by Crippen LogP contribution is -2.40. The van der Waals surface area contributed by atoms with Gasteiger partial charge in [-0.05, 0) is 62.4 Å². The van der Waals surface area contributed by atoms with Crippen LogP contribution >= 0.6 is 0 Å². The molecule has 0 aliphatic heterocycles. The Morgan fingerprint density at radius 1 is 0.769 bits per heavy atom. The third-order valence-corrected chi connectivity index (χ3v) is 8.11. The molecule has 2 aromatic heterocycles. The van der Waals surface area contributed by atoms with Crippen LogP contribution in [-0.2, 0) is 16.4 Å². The van der Waals surface area contributed by atoms with Crippen molar-refractivity contribution in [2.75, 3.05) is 11.4 Å². The van der Waals surface area contributed by atoms with Crippen molar-refractivity contribution in [2.24, 2.45) is 0 Å². The molecule has 0 radical (unpaired) electrons. The Kier molecular flexibility index (Phi) is 7.46. The van der Waals surface area contributed by atoms with Gasteiger partial charge in [0.1, 0.15) is 4.90 Å². The van der Waals surface area contributed by atoms with Crippen LogP contribution in [0.3, 0.4) is 0 Å². The molecule has 5 rings (SSSR count). The van der Waals surface area contributed by atoms with E-state index in [4.69, 9.17) is 0 Å². The van der Waals surface area contributed by atoms with E-state index in [1.54, 1.807) is 18.5 Å². The van der Waals surface area contributed by atoms with E-state index in [9.17, 15) is 8.42 Å². The number of nitrogens with zero attached hydrogens (tertiary/aromatic N) is 3. The molecular weight excluding hydrogens is 504 g/mol. The molecule has 0 amide bonds. The molecule has 0 bridgehead atoms. The number of aromatic nitrogens is 2. The molecular formula is C32H32N4O2S. The molecule has 6 nitrogen and oxygen atoms in total. The van der Waals surface area contributed by atoms with Crippen molar-refractivity contribution in [2.45, 2.75) is 37.6 Å². The summed E-state index contributed by atoms with van der Waals surface area (Å²) in [6.07, 6.45) is 7.59. The van der Waals surface area contributed by atoms with Gasteiger partial charge >= 0.3 is 0 Å². The molecule has 7 heteroatoms. The van der Waals surface area contributed by atoms with Crippen LogP contribution in [0.15, 0.2) is 115 Å². The van der Waals surface area contributed by atoms with E-state index in [1.807, 2.05) is 63.4 Å². The highest BCUT2D eigenvalue weighted by Crippen LogP contribution is 2.36. The smallest absolute Gasteiger partial charge is 0.242 e. The third-order valence-electron chi connectivity index (χ3n) is 6.38. The molecule has 0 aliphatic rings. The third kappa shape index (κ3) is 6.16. The lowest BCUT2D eigenvalue weighted by atomic mass is 10.0. The Bertz CT molecular complexity index is 1680. The standard InChI is InChI=1S/C32H32N4O2S/c1-32(2,3)35-39(37,38)27-19-25(20-33-21-27)29-22-34-23-30-28(29)15-10-16-31(30)36(26-13-8-5-9-14-26)18-17-24-11-6-4-7-12-24/h4-16,19-23,35H,17-18H2,1-3H3. The van der Waals surface area contributed by atoms with E-state index in [0.29, 0.717) is 5.56 Å². The summed E-state index contributed by atoms with van der Waals surface area (Å²) in [7, 11) is -3.73. The number of rotatable bonds is 8. The number of pyridine rings is 2. The zero-order chi connectivity index (χ0) is 27.5. The van der Waals surface area contributed by atoms with Gasteiger partial charge in [0.2, 0.25) is 10.0 Å². The first kappa shape index (κ1) is 26.5. The second-order valence-corrected chi connectivity index (χ2v) is 12.2. The van der Waals surface area contributed by atoms with Crippen LogP contribution in [0, 0.1) is 0 Å². The minimum absolute atomic E-state index is 0.122. The molecule has 5 aromatic rings. The topological polar surface area (TPSA) is 75.2 Å². The summed E-state index contributed by atoms with van der Waals surface area (Å²) in [5.41, 5.74) is 4.31. The molecule has 0 atom stereocenters. The van der Waals surface area contributed by atoms with E-state index in [0.717, 1.165) is 40.7 Å². The molecule has 0 aliphatic carbocycles. The van der Waals surface area contributed by atoms with E-state index in [1.165, 1.54) is 11.8 Å². The fraction of sp³-hybridized carbons (Fsp3) is 0.188. The summed E-state index contributed by atoms with van der Waals surface area (Å²) in [4.78, 5) is 11.3. The average molecular weight is 537 g/mol. The summed E-state index contributed by atoms with van der Waals surface area (Å²) < 4.78 is 28.7. The molecule has 0 fully saturated rings. The van der Waals surface area contributed by atoms with Gasteiger partial charge in [-0.2, -0.15) is 0 Å². The van der Waals surface area contributed by atoms with Crippen molar-refractivity contribution in [1.82, 2.24) is 14.7 Å². The molecule has 0 spiro atoms. The van der Waals surface area contributed by atoms with Crippen LogP contribution in [-0.4, -0.2) is 30.5 Å². The lowest BCUT2D eigenvalue weighted by molar-refractivity contribution is 0.491. The highest BCUT2D eigenvalue weighted by molar-refractivity contribution is 7.89. The summed E-state index contributed by atoms with van der Waals surface area (Å²) in [5.74, 6) is 0. The van der Waals surface area contributed by atoms with Gasteiger partial charge in [-0.15, -0.1) is 0 Å². The lowest BCUT2D eigenvalue weighted by Gasteiger charge is -2.27. The van der Waals surface area contributed by atoms with Gasteiger partial charge < -0.3 is 4.90 Å². The second-order valence-electron chi connectivity index (χ2n) is 10.5. The predicted molar refractivity (Wildman–Crippen MR) is 159 cm³/mol. The zero-order valence-electron chi connectivity index (χ0n) is 22.4. The Balaban J connectivity index is 1.58. The highest BCUT2D eigenvalue weighted by atomic mass is 32.2. The summed E-state index contributed by atoms with van der Waals surface area (Å²) in [6.45, 7) is 6.22. The Labute approximate surface area is 230 Å². The van der Waals surface area contributed by atoms with Gasteiger partial charge in [-0.1, -0.05) is 60.7 Å². The molecule has 0 saturated carbocycles. The summed E-state index contributed by atoms with van der Waals surface area (Å²) >= 11 is 0. The monoisotopic (exact) mass is 536 g/mol. The SMILES string of the molecule is CC(C)(C)NS(=O)(=O)c1cncc(-c2cncc3c(N(CCc4ccccc4)c4ccccc4)cccc23)c1. The van der Waals surface area contributed by atoms with E-state index >= 15 is 0 Å². The van der Waals surface area contributed by atoms with Crippen molar-refractivity contribution in [1.29, 1.82) is 0 Å². The van der Waals surface area contributed by atoms with E-state index in [-0.39, 0.29) is 4.90 Å². The van der Waals surface area contributed by atoms with Crippen LogP contribution in [0.5, 0.6) is 0 Å². The number of para-hydroxylation sites is 1. The van der Waals surface area contributed by atoms with Gasteiger partial charge in [-0.3, -0.25) is 9.97 Å². The molecule has 1 N–H and O–H groups in total. The average Bonchev–Trinajstić information content (AvgIpc) is 2.93. The number of hydrogen-bond acceptors (Lipinski definition) is 5. The summed E-state index contributed by atoms with van der Waals surface area (Å²) in [5, 5.41) is 1.95. The molecule has 39 heavy (non-hydrogen) atoms. The number of fused-ring (bicyclic) bond motifs is 1. The fourth-order valence-corrected chi connectivity index (χ4v) is 6.11. The Morgan fingerprint density at radius 3 is 2.18 bits per heavy atom. The maximum Gasteiger partial charge on any atom is 0.242 e. The van der Waals surface area contributed by atoms with Gasteiger partial charge in [0, 0.05) is 59.1 Å². The predicted octanol–water partition coefficient (Wildman–Crippen LogP) is 6.75. The second kappa shape index (κ2) is 11.0. The molecule has 198 valence electrons. The van der Waals surface area contributed by atoms with Crippen molar-refractivity contribution in [3.63, 3.8) is 0 Å².